The third-order valence-electron chi connectivity index (χ3n) is 4.30. The molecule has 3 rings (SSSR count). The van der Waals surface area contributed by atoms with Gasteiger partial charge in [0.05, 0.1) is 11.7 Å². The number of carbonyl (C=O) groups excluding carboxylic acids is 1. The lowest BCUT2D eigenvalue weighted by molar-refractivity contribution is 0.0678. The quantitative estimate of drug-likeness (QED) is 0.910. The minimum Gasteiger partial charge on any atom is -0.336 e. The van der Waals surface area contributed by atoms with Crippen molar-refractivity contribution >= 4 is 16.8 Å². The number of likely N-dealkylation sites (tertiary alicyclic amines) is 1. The van der Waals surface area contributed by atoms with Gasteiger partial charge in [-0.05, 0) is 31.4 Å². The number of hydrogen-bond acceptors (Lipinski definition) is 2. The van der Waals surface area contributed by atoms with E-state index in [2.05, 4.69) is 22.0 Å². The molecule has 1 aromatic heterocycles. The van der Waals surface area contributed by atoms with Gasteiger partial charge in [0.15, 0.2) is 0 Å². The summed E-state index contributed by atoms with van der Waals surface area (Å²) in [6.45, 7) is 3.06. The molecule has 1 N–H and O–H groups in total. The third-order valence-corrected chi connectivity index (χ3v) is 4.30. The Bertz CT molecular complexity index is 605. The summed E-state index contributed by atoms with van der Waals surface area (Å²) in [5.41, 5.74) is 1.70. The zero-order valence-electron chi connectivity index (χ0n) is 11.9. The molecule has 20 heavy (non-hydrogen) atoms. The SMILES string of the molecule is CCC1CCCCCN1C(=O)c1ccc2cn[nH]c2c1. The zero-order valence-corrected chi connectivity index (χ0v) is 11.9. The van der Waals surface area contributed by atoms with E-state index >= 15 is 0 Å². The summed E-state index contributed by atoms with van der Waals surface area (Å²) in [4.78, 5) is 14.9. The molecule has 1 amide bonds. The van der Waals surface area contributed by atoms with E-state index in [0.717, 1.165) is 42.3 Å². The van der Waals surface area contributed by atoms with Gasteiger partial charge in [0.25, 0.3) is 5.91 Å². The zero-order chi connectivity index (χ0) is 13.9. The van der Waals surface area contributed by atoms with Gasteiger partial charge in [-0.2, -0.15) is 5.10 Å². The van der Waals surface area contributed by atoms with E-state index in [-0.39, 0.29) is 5.91 Å². The second kappa shape index (κ2) is 5.65. The Morgan fingerprint density at radius 2 is 2.30 bits per heavy atom. The van der Waals surface area contributed by atoms with Crippen LogP contribution in [-0.2, 0) is 0 Å². The number of aromatic nitrogens is 2. The third kappa shape index (κ3) is 2.42. The Kier molecular flexibility index (Phi) is 3.72. The fourth-order valence-electron chi connectivity index (χ4n) is 3.11. The highest BCUT2D eigenvalue weighted by Crippen LogP contribution is 2.22. The molecule has 1 aromatic carbocycles. The monoisotopic (exact) mass is 271 g/mol. The molecule has 0 radical (unpaired) electrons. The van der Waals surface area contributed by atoms with Crippen molar-refractivity contribution in [1.29, 1.82) is 0 Å². The Morgan fingerprint density at radius 3 is 3.15 bits per heavy atom. The molecular formula is C16H21N3O. The summed E-state index contributed by atoms with van der Waals surface area (Å²) in [7, 11) is 0. The lowest BCUT2D eigenvalue weighted by atomic mass is 10.1. The van der Waals surface area contributed by atoms with Crippen LogP contribution in [0, 0.1) is 0 Å². The lowest BCUT2D eigenvalue weighted by Crippen LogP contribution is -2.39. The molecule has 4 heteroatoms. The van der Waals surface area contributed by atoms with Crippen LogP contribution in [-0.4, -0.2) is 33.6 Å². The Balaban J connectivity index is 1.88. The first-order valence-electron chi connectivity index (χ1n) is 7.53. The van der Waals surface area contributed by atoms with Gasteiger partial charge in [0.1, 0.15) is 0 Å². The predicted molar refractivity (Wildman–Crippen MR) is 79.7 cm³/mol. The molecular weight excluding hydrogens is 250 g/mol. The number of nitrogens with one attached hydrogen (secondary N) is 1. The van der Waals surface area contributed by atoms with Crippen molar-refractivity contribution in [3.8, 4) is 0 Å². The highest BCUT2D eigenvalue weighted by Gasteiger charge is 2.25. The number of fused-ring (bicyclic) bond motifs is 1. The molecule has 1 atom stereocenters. The fraction of sp³-hybridized carbons (Fsp3) is 0.500. The first-order valence-corrected chi connectivity index (χ1v) is 7.53. The van der Waals surface area contributed by atoms with Crippen molar-refractivity contribution in [3.05, 3.63) is 30.0 Å². The molecule has 1 aliphatic rings. The summed E-state index contributed by atoms with van der Waals surface area (Å²) in [5, 5.41) is 7.99. The van der Waals surface area contributed by atoms with E-state index in [9.17, 15) is 4.79 Å². The summed E-state index contributed by atoms with van der Waals surface area (Å²) in [6, 6.07) is 6.19. The highest BCUT2D eigenvalue weighted by molar-refractivity contribution is 5.97. The van der Waals surface area contributed by atoms with Gasteiger partial charge in [-0.3, -0.25) is 9.89 Å². The van der Waals surface area contributed by atoms with Crippen molar-refractivity contribution in [2.75, 3.05) is 6.54 Å². The van der Waals surface area contributed by atoms with Crippen molar-refractivity contribution in [3.63, 3.8) is 0 Å². The highest BCUT2D eigenvalue weighted by atomic mass is 16.2. The second-order valence-electron chi connectivity index (χ2n) is 5.58. The Hall–Kier alpha value is -1.84. The topological polar surface area (TPSA) is 49.0 Å². The van der Waals surface area contributed by atoms with Gasteiger partial charge in [0, 0.05) is 23.5 Å². The Morgan fingerprint density at radius 1 is 1.40 bits per heavy atom. The minimum absolute atomic E-state index is 0.162. The molecule has 106 valence electrons. The molecule has 0 bridgehead atoms. The average Bonchev–Trinajstić information content (AvgIpc) is 2.81. The van der Waals surface area contributed by atoms with Crippen LogP contribution >= 0.6 is 0 Å². The van der Waals surface area contributed by atoms with Gasteiger partial charge < -0.3 is 4.90 Å². The molecule has 0 aliphatic carbocycles. The number of amides is 1. The minimum atomic E-state index is 0.162. The number of aromatic amines is 1. The first-order chi connectivity index (χ1) is 9.79. The van der Waals surface area contributed by atoms with E-state index in [0.29, 0.717) is 6.04 Å². The number of nitrogens with zero attached hydrogens (tertiary/aromatic N) is 2. The maximum absolute atomic E-state index is 12.8. The van der Waals surface area contributed by atoms with Gasteiger partial charge in [-0.15, -0.1) is 0 Å². The summed E-state index contributed by atoms with van der Waals surface area (Å²) in [6.07, 6.45) is 7.55. The predicted octanol–water partition coefficient (Wildman–Crippen LogP) is 3.36. The van der Waals surface area contributed by atoms with E-state index in [1.54, 1.807) is 6.20 Å². The van der Waals surface area contributed by atoms with E-state index in [1.807, 2.05) is 18.2 Å². The summed E-state index contributed by atoms with van der Waals surface area (Å²) in [5.74, 6) is 0.162. The Labute approximate surface area is 119 Å². The van der Waals surface area contributed by atoms with E-state index < -0.39 is 0 Å². The van der Waals surface area contributed by atoms with Crippen LogP contribution in [0.25, 0.3) is 10.9 Å². The number of hydrogen-bond donors (Lipinski definition) is 1. The van der Waals surface area contributed by atoms with Gasteiger partial charge in [-0.25, -0.2) is 0 Å². The molecule has 1 aliphatic heterocycles. The normalized spacial score (nSPS) is 20.1. The number of benzene rings is 1. The molecule has 2 heterocycles. The summed E-state index contributed by atoms with van der Waals surface area (Å²) < 4.78 is 0. The van der Waals surface area contributed by atoms with Crippen molar-refractivity contribution in [2.45, 2.75) is 45.1 Å². The lowest BCUT2D eigenvalue weighted by Gasteiger charge is -2.29. The van der Waals surface area contributed by atoms with Crippen LogP contribution in [0.2, 0.25) is 0 Å². The maximum atomic E-state index is 12.8. The van der Waals surface area contributed by atoms with Crippen LogP contribution in [0.4, 0.5) is 0 Å². The molecule has 0 saturated carbocycles. The number of H-pyrrole nitrogens is 1. The molecule has 4 nitrogen and oxygen atoms in total. The van der Waals surface area contributed by atoms with E-state index in [4.69, 9.17) is 0 Å². The smallest absolute Gasteiger partial charge is 0.254 e. The first kappa shape index (κ1) is 13.2. The molecule has 1 saturated heterocycles. The van der Waals surface area contributed by atoms with Crippen molar-refractivity contribution in [1.82, 2.24) is 15.1 Å². The van der Waals surface area contributed by atoms with Crippen LogP contribution < -0.4 is 0 Å². The van der Waals surface area contributed by atoms with Crippen molar-refractivity contribution < 1.29 is 4.79 Å². The van der Waals surface area contributed by atoms with Crippen LogP contribution in [0.5, 0.6) is 0 Å². The second-order valence-corrected chi connectivity index (χ2v) is 5.58. The van der Waals surface area contributed by atoms with Gasteiger partial charge >= 0.3 is 0 Å². The molecule has 2 aromatic rings. The van der Waals surface area contributed by atoms with Crippen LogP contribution in [0.15, 0.2) is 24.4 Å². The standard InChI is InChI=1S/C16H21N3O/c1-2-14-6-4-3-5-9-19(14)16(20)12-7-8-13-11-17-18-15(13)10-12/h7-8,10-11,14H,2-6,9H2,1H3,(H,17,18). The van der Waals surface area contributed by atoms with Gasteiger partial charge in [0.2, 0.25) is 0 Å². The number of carbonyl (C=O) groups is 1. The summed E-state index contributed by atoms with van der Waals surface area (Å²) >= 11 is 0. The van der Waals surface area contributed by atoms with Crippen molar-refractivity contribution in [2.24, 2.45) is 0 Å². The fourth-order valence-corrected chi connectivity index (χ4v) is 3.11. The molecule has 1 fully saturated rings. The van der Waals surface area contributed by atoms with Crippen LogP contribution in [0.1, 0.15) is 49.4 Å². The average molecular weight is 271 g/mol. The molecule has 1 unspecified atom stereocenters. The largest absolute Gasteiger partial charge is 0.336 e. The number of rotatable bonds is 2. The van der Waals surface area contributed by atoms with E-state index in [1.165, 1.54) is 12.8 Å². The maximum Gasteiger partial charge on any atom is 0.254 e. The van der Waals surface area contributed by atoms with Crippen LogP contribution in [0.3, 0.4) is 0 Å². The molecule has 0 spiro atoms. The van der Waals surface area contributed by atoms with Gasteiger partial charge in [-0.1, -0.05) is 25.8 Å².